The number of imidazole rings is 1. The standard InChI is InChI=1S/C16H13N5O2/c22-12-5-9-21-11-2-1-6-18-14(11)20-15(21)13(12)16(23)19-10-3-7-17-8-4-10/h1-4,6-8,22H,5,9H2,(H,17,19,23). The molecule has 4 rings (SSSR count). The van der Waals surface area contributed by atoms with Crippen molar-refractivity contribution >= 4 is 28.3 Å². The van der Waals surface area contributed by atoms with Gasteiger partial charge in [0.25, 0.3) is 5.91 Å². The lowest BCUT2D eigenvalue weighted by molar-refractivity contribution is -0.111. The van der Waals surface area contributed by atoms with Crippen molar-refractivity contribution in [3.8, 4) is 0 Å². The maximum absolute atomic E-state index is 12.6. The molecule has 7 heteroatoms. The average molecular weight is 307 g/mol. The third-order valence-corrected chi connectivity index (χ3v) is 3.77. The summed E-state index contributed by atoms with van der Waals surface area (Å²) < 4.78 is 1.91. The van der Waals surface area contributed by atoms with Crippen molar-refractivity contribution in [1.82, 2.24) is 19.5 Å². The van der Waals surface area contributed by atoms with Gasteiger partial charge in [-0.25, -0.2) is 9.97 Å². The van der Waals surface area contributed by atoms with Crippen LogP contribution in [0, 0.1) is 0 Å². The fourth-order valence-corrected chi connectivity index (χ4v) is 2.71. The van der Waals surface area contributed by atoms with E-state index in [-0.39, 0.29) is 11.3 Å². The number of pyridine rings is 2. The normalized spacial score (nSPS) is 13.9. The van der Waals surface area contributed by atoms with Crippen LogP contribution in [0.1, 0.15) is 12.2 Å². The van der Waals surface area contributed by atoms with Gasteiger partial charge in [0.15, 0.2) is 11.5 Å². The summed E-state index contributed by atoms with van der Waals surface area (Å²) in [6.45, 7) is 0.565. The van der Waals surface area contributed by atoms with Gasteiger partial charge in [-0.1, -0.05) is 0 Å². The fraction of sp³-hybridized carbons (Fsp3) is 0.125. The number of nitrogens with one attached hydrogen (secondary N) is 1. The summed E-state index contributed by atoms with van der Waals surface area (Å²) in [6.07, 6.45) is 5.21. The largest absolute Gasteiger partial charge is 0.511 e. The van der Waals surface area contributed by atoms with Gasteiger partial charge in [0.1, 0.15) is 11.3 Å². The summed E-state index contributed by atoms with van der Waals surface area (Å²) >= 11 is 0. The Kier molecular flexibility index (Phi) is 3.04. The van der Waals surface area contributed by atoms with Gasteiger partial charge in [0.2, 0.25) is 0 Å². The Morgan fingerprint density at radius 1 is 1.22 bits per heavy atom. The smallest absolute Gasteiger partial charge is 0.262 e. The molecule has 3 aromatic heterocycles. The molecule has 3 aromatic rings. The lowest BCUT2D eigenvalue weighted by Crippen LogP contribution is -2.22. The van der Waals surface area contributed by atoms with Crippen molar-refractivity contribution in [2.75, 3.05) is 5.32 Å². The van der Waals surface area contributed by atoms with Crippen LogP contribution < -0.4 is 5.32 Å². The predicted octanol–water partition coefficient (Wildman–Crippen LogP) is 2.14. The zero-order chi connectivity index (χ0) is 15.8. The van der Waals surface area contributed by atoms with Crippen molar-refractivity contribution in [3.63, 3.8) is 0 Å². The summed E-state index contributed by atoms with van der Waals surface area (Å²) in [5.74, 6) is 0.0818. The van der Waals surface area contributed by atoms with E-state index in [0.29, 0.717) is 30.1 Å². The minimum atomic E-state index is -0.398. The molecule has 114 valence electrons. The number of carbonyl (C=O) groups excluding carboxylic acids is 1. The Morgan fingerprint density at radius 3 is 2.87 bits per heavy atom. The van der Waals surface area contributed by atoms with E-state index in [0.717, 1.165) is 5.52 Å². The summed E-state index contributed by atoms with van der Waals surface area (Å²) in [5.41, 5.74) is 2.21. The number of nitrogens with zero attached hydrogens (tertiary/aromatic N) is 4. The quantitative estimate of drug-likeness (QED) is 0.756. The molecule has 4 heterocycles. The van der Waals surface area contributed by atoms with Crippen LogP contribution in [0.5, 0.6) is 0 Å². The molecular weight excluding hydrogens is 294 g/mol. The Balaban J connectivity index is 1.78. The molecule has 0 bridgehead atoms. The summed E-state index contributed by atoms with van der Waals surface area (Å²) in [5, 5.41) is 13.0. The molecule has 23 heavy (non-hydrogen) atoms. The van der Waals surface area contributed by atoms with Crippen LogP contribution in [0.3, 0.4) is 0 Å². The van der Waals surface area contributed by atoms with Crippen molar-refractivity contribution in [2.24, 2.45) is 0 Å². The molecule has 0 aromatic carbocycles. The molecule has 1 aliphatic rings. The topological polar surface area (TPSA) is 92.9 Å². The molecule has 0 aliphatic carbocycles. The monoisotopic (exact) mass is 307 g/mol. The van der Waals surface area contributed by atoms with Gasteiger partial charge in [-0.3, -0.25) is 9.78 Å². The second-order valence-corrected chi connectivity index (χ2v) is 5.19. The highest BCUT2D eigenvalue weighted by atomic mass is 16.3. The molecule has 0 radical (unpaired) electrons. The number of aromatic nitrogens is 4. The predicted molar refractivity (Wildman–Crippen MR) is 84.6 cm³/mol. The number of aryl methyl sites for hydroxylation is 1. The highest BCUT2D eigenvalue weighted by Crippen LogP contribution is 2.29. The molecule has 0 saturated carbocycles. The SMILES string of the molecule is O=C(Nc1ccncc1)C1=C(O)CCn2c1nc1ncccc12. The first-order valence-corrected chi connectivity index (χ1v) is 7.19. The molecule has 0 spiro atoms. The van der Waals surface area contributed by atoms with E-state index in [4.69, 9.17) is 0 Å². The number of aliphatic hydroxyl groups excluding tert-OH is 1. The number of carbonyl (C=O) groups is 1. The Labute approximate surface area is 131 Å². The maximum Gasteiger partial charge on any atom is 0.262 e. The van der Waals surface area contributed by atoms with Crippen LogP contribution in [0.2, 0.25) is 0 Å². The molecule has 0 saturated heterocycles. The zero-order valence-corrected chi connectivity index (χ0v) is 12.1. The second-order valence-electron chi connectivity index (χ2n) is 5.19. The molecular formula is C16H13N5O2. The summed E-state index contributed by atoms with van der Waals surface area (Å²) in [4.78, 5) is 25.1. The third kappa shape index (κ3) is 2.22. The highest BCUT2D eigenvalue weighted by Gasteiger charge is 2.28. The van der Waals surface area contributed by atoms with E-state index < -0.39 is 5.91 Å². The van der Waals surface area contributed by atoms with Gasteiger partial charge in [-0.05, 0) is 24.3 Å². The third-order valence-electron chi connectivity index (χ3n) is 3.77. The number of allylic oxidation sites excluding steroid dienone is 1. The molecule has 0 unspecified atom stereocenters. The number of hydrogen-bond donors (Lipinski definition) is 2. The van der Waals surface area contributed by atoms with Crippen LogP contribution in [0.15, 0.2) is 48.6 Å². The number of hydrogen-bond acceptors (Lipinski definition) is 5. The zero-order valence-electron chi connectivity index (χ0n) is 12.1. The van der Waals surface area contributed by atoms with Crippen LogP contribution in [-0.2, 0) is 11.3 Å². The van der Waals surface area contributed by atoms with E-state index in [1.165, 1.54) is 0 Å². The summed E-state index contributed by atoms with van der Waals surface area (Å²) in [6, 6.07) is 7.09. The van der Waals surface area contributed by atoms with E-state index in [9.17, 15) is 9.90 Å². The molecule has 0 atom stereocenters. The van der Waals surface area contributed by atoms with Crippen LogP contribution >= 0.6 is 0 Å². The van der Waals surface area contributed by atoms with Crippen molar-refractivity contribution in [1.29, 1.82) is 0 Å². The van der Waals surface area contributed by atoms with Crippen molar-refractivity contribution in [3.05, 3.63) is 54.4 Å². The lowest BCUT2D eigenvalue weighted by Gasteiger charge is -2.18. The Hall–Kier alpha value is -3.22. The molecule has 7 nitrogen and oxygen atoms in total. The number of amides is 1. The first-order valence-electron chi connectivity index (χ1n) is 7.19. The number of rotatable bonds is 2. The van der Waals surface area contributed by atoms with Gasteiger partial charge in [0, 0.05) is 37.2 Å². The van der Waals surface area contributed by atoms with Gasteiger partial charge in [0.05, 0.1) is 5.52 Å². The van der Waals surface area contributed by atoms with E-state index in [1.807, 2.05) is 16.7 Å². The molecule has 1 aliphatic heterocycles. The van der Waals surface area contributed by atoms with Gasteiger partial charge < -0.3 is 15.0 Å². The Morgan fingerprint density at radius 2 is 2.04 bits per heavy atom. The summed E-state index contributed by atoms with van der Waals surface area (Å²) in [7, 11) is 0. The van der Waals surface area contributed by atoms with Gasteiger partial charge in [-0.15, -0.1) is 0 Å². The van der Waals surface area contributed by atoms with Crippen molar-refractivity contribution in [2.45, 2.75) is 13.0 Å². The highest BCUT2D eigenvalue weighted by molar-refractivity contribution is 6.25. The fourth-order valence-electron chi connectivity index (χ4n) is 2.71. The first-order chi connectivity index (χ1) is 11.2. The number of fused-ring (bicyclic) bond motifs is 3. The maximum atomic E-state index is 12.6. The van der Waals surface area contributed by atoms with Gasteiger partial charge in [-0.2, -0.15) is 0 Å². The van der Waals surface area contributed by atoms with E-state index in [2.05, 4.69) is 20.3 Å². The van der Waals surface area contributed by atoms with Crippen molar-refractivity contribution < 1.29 is 9.90 Å². The molecule has 0 fully saturated rings. The molecule has 1 amide bonds. The Bertz CT molecular complexity index is 930. The minimum absolute atomic E-state index is 0.0411. The number of anilines is 1. The van der Waals surface area contributed by atoms with E-state index in [1.54, 1.807) is 30.7 Å². The average Bonchev–Trinajstić information content (AvgIpc) is 2.93. The second kappa shape index (κ2) is 5.20. The first kappa shape index (κ1) is 13.4. The lowest BCUT2D eigenvalue weighted by atomic mass is 10.1. The van der Waals surface area contributed by atoms with Crippen LogP contribution in [0.4, 0.5) is 5.69 Å². The molecule has 2 N–H and O–H groups in total. The van der Waals surface area contributed by atoms with Crippen LogP contribution in [0.25, 0.3) is 16.7 Å². The number of aliphatic hydroxyl groups is 1. The van der Waals surface area contributed by atoms with E-state index >= 15 is 0 Å². The van der Waals surface area contributed by atoms with Crippen LogP contribution in [-0.4, -0.2) is 30.5 Å². The van der Waals surface area contributed by atoms with Gasteiger partial charge >= 0.3 is 0 Å². The minimum Gasteiger partial charge on any atom is -0.511 e.